The lowest BCUT2D eigenvalue weighted by Gasteiger charge is -2.19. The minimum atomic E-state index is -4.81. The first-order valence-electron chi connectivity index (χ1n) is 10.7. The average Bonchev–Trinajstić information content (AvgIpc) is 3.46. The van der Waals surface area contributed by atoms with Crippen molar-refractivity contribution in [2.45, 2.75) is 56.3 Å². The van der Waals surface area contributed by atoms with Gasteiger partial charge in [0.2, 0.25) is 0 Å². The van der Waals surface area contributed by atoms with Gasteiger partial charge in [-0.3, -0.25) is 9.13 Å². The average molecular weight is 516 g/mol. The minimum Gasteiger partial charge on any atom is -0.387 e. The molecule has 0 bridgehead atoms. The van der Waals surface area contributed by atoms with Gasteiger partial charge in [-0.25, -0.2) is 4.98 Å². The number of nitriles is 1. The maximum atomic E-state index is 11.9. The molecule has 6 N–H and O–H groups in total. The molecular formula is C19H26N4O9P2. The Hall–Kier alpha value is -1.84. The molecule has 1 aliphatic heterocycles. The van der Waals surface area contributed by atoms with Crippen molar-refractivity contribution in [3.63, 3.8) is 0 Å². The Kier molecular flexibility index (Phi) is 7.18. The largest absolute Gasteiger partial charge is 0.387 e. The Morgan fingerprint density at radius 3 is 2.59 bits per heavy atom. The Morgan fingerprint density at radius 2 is 1.94 bits per heavy atom. The molecule has 13 nitrogen and oxygen atoms in total. The highest BCUT2D eigenvalue weighted by Gasteiger charge is 2.45. The molecule has 34 heavy (non-hydrogen) atoms. The fraction of sp³-hybridized carbons (Fsp3) is 0.579. The third-order valence-electron chi connectivity index (χ3n) is 5.98. The Morgan fingerprint density at radius 1 is 1.24 bits per heavy atom. The number of aliphatic hydroxyl groups excluding tert-OH is 2. The highest BCUT2D eigenvalue weighted by Crippen LogP contribution is 2.55. The Labute approximate surface area is 194 Å². The van der Waals surface area contributed by atoms with Crippen molar-refractivity contribution in [2.24, 2.45) is 0 Å². The molecule has 0 radical (unpaired) electrons. The summed E-state index contributed by atoms with van der Waals surface area (Å²) in [6.45, 7) is -0.678. The van der Waals surface area contributed by atoms with Crippen LogP contribution in [0.25, 0.3) is 11.0 Å². The zero-order chi connectivity index (χ0) is 24.7. The van der Waals surface area contributed by atoms with E-state index in [0.29, 0.717) is 22.3 Å². The lowest BCUT2D eigenvalue weighted by molar-refractivity contribution is -0.0481. The minimum absolute atomic E-state index is 0.236. The number of aliphatic hydroxyl groups is 2. The van der Waals surface area contributed by atoms with E-state index in [4.69, 9.17) is 19.0 Å². The number of hydrogen-bond donors (Lipinski definition) is 6. The Bertz CT molecular complexity index is 1190. The lowest BCUT2D eigenvalue weighted by atomic mass is 10.1. The van der Waals surface area contributed by atoms with Crippen LogP contribution in [-0.2, 0) is 18.4 Å². The monoisotopic (exact) mass is 516 g/mol. The van der Waals surface area contributed by atoms with Crippen LogP contribution in [0, 0.1) is 11.3 Å². The van der Waals surface area contributed by atoms with Gasteiger partial charge in [0.25, 0.3) is 0 Å². The van der Waals surface area contributed by atoms with Crippen LogP contribution < -0.4 is 5.32 Å². The van der Waals surface area contributed by atoms with Crippen LogP contribution in [0.15, 0.2) is 18.5 Å². The number of hydrogen-bond acceptors (Lipinski definition) is 9. The van der Waals surface area contributed by atoms with Gasteiger partial charge in [-0.1, -0.05) is 12.8 Å². The molecule has 0 amide bonds. The molecule has 186 valence electrons. The molecule has 15 heteroatoms. The molecule has 1 aliphatic carbocycles. The number of fused-ring (bicyclic) bond motifs is 1. The van der Waals surface area contributed by atoms with Gasteiger partial charge in [0.05, 0.1) is 17.9 Å². The van der Waals surface area contributed by atoms with E-state index in [1.54, 1.807) is 12.3 Å². The van der Waals surface area contributed by atoms with Crippen LogP contribution >= 0.6 is 15.2 Å². The summed E-state index contributed by atoms with van der Waals surface area (Å²) in [4.78, 5) is 31.8. The second-order valence-electron chi connectivity index (χ2n) is 8.53. The van der Waals surface area contributed by atoms with Gasteiger partial charge in [0.15, 0.2) is 12.1 Å². The van der Waals surface area contributed by atoms with Crippen molar-refractivity contribution >= 4 is 31.9 Å². The van der Waals surface area contributed by atoms with E-state index in [0.717, 1.165) is 25.7 Å². The molecule has 5 atom stereocenters. The van der Waals surface area contributed by atoms with Gasteiger partial charge < -0.3 is 44.0 Å². The number of aromatic nitrogens is 2. The van der Waals surface area contributed by atoms with E-state index in [1.165, 1.54) is 10.8 Å². The van der Waals surface area contributed by atoms with Crippen molar-refractivity contribution in [1.29, 1.82) is 5.26 Å². The maximum absolute atomic E-state index is 11.9. The van der Waals surface area contributed by atoms with Crippen molar-refractivity contribution < 1.29 is 43.3 Å². The molecule has 1 saturated carbocycles. The van der Waals surface area contributed by atoms with Crippen molar-refractivity contribution in [1.82, 2.24) is 9.55 Å². The van der Waals surface area contributed by atoms with Crippen LogP contribution in [0.4, 0.5) is 5.69 Å². The van der Waals surface area contributed by atoms with Gasteiger partial charge in [-0.15, -0.1) is 0 Å². The highest BCUT2D eigenvalue weighted by molar-refractivity contribution is 7.70. The lowest BCUT2D eigenvalue weighted by Crippen LogP contribution is -2.33. The molecule has 0 spiro atoms. The van der Waals surface area contributed by atoms with Gasteiger partial charge >= 0.3 is 15.2 Å². The summed E-state index contributed by atoms with van der Waals surface area (Å²) in [5.74, 6) is -1.38. The van der Waals surface area contributed by atoms with E-state index < -0.39 is 52.2 Å². The smallest absolute Gasteiger partial charge is 0.340 e. The molecule has 4 rings (SSSR count). The van der Waals surface area contributed by atoms with Crippen LogP contribution in [0.5, 0.6) is 0 Å². The summed E-state index contributed by atoms with van der Waals surface area (Å²) in [7, 11) is -9.47. The predicted molar refractivity (Wildman–Crippen MR) is 119 cm³/mol. The normalized spacial score (nSPS) is 27.6. The van der Waals surface area contributed by atoms with E-state index >= 15 is 0 Å². The van der Waals surface area contributed by atoms with E-state index in [1.807, 2.05) is 0 Å². The first-order chi connectivity index (χ1) is 16.0. The third kappa shape index (κ3) is 5.36. The number of ether oxygens (including phenoxy) is 1. The number of pyridine rings is 1. The van der Waals surface area contributed by atoms with E-state index in [-0.39, 0.29) is 6.04 Å². The predicted octanol–water partition coefficient (Wildman–Crippen LogP) is 1.22. The third-order valence-corrected chi connectivity index (χ3v) is 9.44. The molecular weight excluding hydrogens is 490 g/mol. The van der Waals surface area contributed by atoms with Gasteiger partial charge in [-0.05, 0) is 18.9 Å². The van der Waals surface area contributed by atoms with Gasteiger partial charge in [0.1, 0.15) is 30.0 Å². The molecule has 1 saturated heterocycles. The highest BCUT2D eigenvalue weighted by atomic mass is 31.2. The topological polar surface area (TPSA) is 207 Å². The molecule has 2 fully saturated rings. The summed E-state index contributed by atoms with van der Waals surface area (Å²) in [5.41, 5.74) is 1.40. The number of rotatable bonds is 8. The first kappa shape index (κ1) is 25.3. The molecule has 0 aromatic carbocycles. The van der Waals surface area contributed by atoms with Crippen LogP contribution in [-0.4, -0.2) is 71.3 Å². The fourth-order valence-corrected chi connectivity index (χ4v) is 6.95. The zero-order valence-electron chi connectivity index (χ0n) is 18.0. The summed E-state index contributed by atoms with van der Waals surface area (Å²) >= 11 is 0. The number of nitrogens with zero attached hydrogens (tertiary/aromatic N) is 3. The van der Waals surface area contributed by atoms with E-state index in [2.05, 4.69) is 16.4 Å². The summed E-state index contributed by atoms with van der Waals surface area (Å²) in [6, 6.07) is 4.09. The van der Waals surface area contributed by atoms with Gasteiger partial charge in [-0.2, -0.15) is 5.26 Å². The van der Waals surface area contributed by atoms with Crippen LogP contribution in [0.2, 0.25) is 0 Å². The number of nitrogens with one attached hydrogen (secondary N) is 1. The van der Waals surface area contributed by atoms with Crippen molar-refractivity contribution in [2.75, 3.05) is 17.8 Å². The second-order valence-corrected chi connectivity index (χ2v) is 12.5. The fourth-order valence-electron chi connectivity index (χ4n) is 4.39. The molecule has 2 aliphatic rings. The van der Waals surface area contributed by atoms with Gasteiger partial charge in [0, 0.05) is 23.8 Å². The molecule has 2 aromatic rings. The SMILES string of the molecule is N#Cc1cnc2c(ccn2[C@@H]2O[C@H](COP(=O)(O)CP(=O)(O)O)[C@@H](O)[C@H]2O)c1NC1CCCC1. The van der Waals surface area contributed by atoms with Crippen LogP contribution in [0.3, 0.4) is 0 Å². The zero-order valence-corrected chi connectivity index (χ0v) is 19.8. The Balaban J connectivity index is 1.55. The summed E-state index contributed by atoms with van der Waals surface area (Å²) in [5, 5.41) is 34.6. The summed E-state index contributed by atoms with van der Waals surface area (Å²) < 4.78 is 34.8. The second kappa shape index (κ2) is 9.66. The quantitative estimate of drug-likeness (QED) is 0.274. The number of anilines is 1. The van der Waals surface area contributed by atoms with Crippen LogP contribution in [0.1, 0.15) is 37.5 Å². The molecule has 1 unspecified atom stereocenters. The summed E-state index contributed by atoms with van der Waals surface area (Å²) in [6.07, 6.45) is 1.87. The maximum Gasteiger partial charge on any atom is 0.340 e. The first-order valence-corrected chi connectivity index (χ1v) is 14.2. The molecule has 3 heterocycles. The van der Waals surface area contributed by atoms with Crippen molar-refractivity contribution in [3.8, 4) is 6.07 Å². The van der Waals surface area contributed by atoms with Crippen molar-refractivity contribution in [3.05, 3.63) is 24.0 Å². The standard InChI is InChI=1S/C19H26N4O9P2/c20-7-11-8-21-18-13(15(11)22-12-3-1-2-4-12)5-6-23(18)19-17(25)16(24)14(32-19)9-31-34(29,30)10-33(26,27)28/h5-6,8,12,14,16-17,19,24-25H,1-4,9-10H2,(H,21,22)(H,29,30)(H2,26,27,28)/t14-,16-,17-,19-/m1/s1. The molecule has 2 aromatic heterocycles. The van der Waals surface area contributed by atoms with E-state index in [9.17, 15) is 29.5 Å².